The Bertz CT molecular complexity index is 383. The van der Waals surface area contributed by atoms with Gasteiger partial charge < -0.3 is 9.52 Å². The second kappa shape index (κ2) is 6.39. The van der Waals surface area contributed by atoms with Crippen molar-refractivity contribution in [1.29, 1.82) is 0 Å². The highest BCUT2D eigenvalue weighted by Crippen LogP contribution is 2.20. The normalized spacial score (nSPS) is 15.8. The second-order valence-corrected chi connectivity index (χ2v) is 4.20. The molecule has 0 aliphatic carbocycles. The van der Waals surface area contributed by atoms with Crippen LogP contribution in [0.3, 0.4) is 0 Å². The first kappa shape index (κ1) is 14.5. The van der Waals surface area contributed by atoms with Crippen molar-refractivity contribution in [2.24, 2.45) is 0 Å². The minimum Gasteiger partial charge on any atom is -0.475 e. The highest BCUT2D eigenvalue weighted by molar-refractivity contribution is 14.0. The Morgan fingerprint density at radius 1 is 1.47 bits per heavy atom. The largest absolute Gasteiger partial charge is 0.475 e. The second-order valence-electron chi connectivity index (χ2n) is 4.20. The predicted molar refractivity (Wildman–Crippen MR) is 75.0 cm³/mol. The first-order chi connectivity index (χ1) is 7.70. The molecule has 0 unspecified atom stereocenters. The van der Waals surface area contributed by atoms with Crippen molar-refractivity contribution in [3.05, 3.63) is 23.2 Å². The maximum Gasteiger partial charge on any atom is 0.371 e. The van der Waals surface area contributed by atoms with Crippen molar-refractivity contribution in [2.45, 2.75) is 32.7 Å². The zero-order valence-electron chi connectivity index (χ0n) is 9.94. The molecule has 0 amide bonds. The van der Waals surface area contributed by atoms with Gasteiger partial charge in [-0.05, 0) is 32.0 Å². The van der Waals surface area contributed by atoms with Crippen LogP contribution in [0.5, 0.6) is 0 Å². The zero-order valence-corrected chi connectivity index (χ0v) is 12.3. The number of aromatic carboxylic acids is 1. The molecule has 2 heterocycles. The van der Waals surface area contributed by atoms with Gasteiger partial charge in [-0.3, -0.25) is 4.90 Å². The summed E-state index contributed by atoms with van der Waals surface area (Å²) in [5, 5.41) is 8.87. The number of carboxylic acid groups (broad SMARTS) is 1. The molecule has 0 bridgehead atoms. The van der Waals surface area contributed by atoms with Gasteiger partial charge in [0.25, 0.3) is 0 Å². The number of hydrogen-bond acceptors (Lipinski definition) is 3. The number of nitrogens with zero attached hydrogens (tertiary/aromatic N) is 1. The quantitative estimate of drug-likeness (QED) is 0.848. The Labute approximate surface area is 118 Å². The molecule has 1 N–H and O–H groups in total. The Balaban J connectivity index is 0.00000144. The van der Waals surface area contributed by atoms with E-state index in [4.69, 9.17) is 9.52 Å². The molecule has 0 aromatic carbocycles. The summed E-state index contributed by atoms with van der Waals surface area (Å²) in [7, 11) is 0. The van der Waals surface area contributed by atoms with Crippen molar-refractivity contribution in [3.63, 3.8) is 0 Å². The lowest BCUT2D eigenvalue weighted by atomic mass is 10.2. The maximum atomic E-state index is 10.8. The van der Waals surface area contributed by atoms with Gasteiger partial charge in [-0.2, -0.15) is 0 Å². The minimum absolute atomic E-state index is 0. The summed E-state index contributed by atoms with van der Waals surface area (Å²) in [6.45, 7) is 5.02. The van der Waals surface area contributed by atoms with Gasteiger partial charge >= 0.3 is 5.97 Å². The molecule has 1 saturated heterocycles. The van der Waals surface area contributed by atoms with Crippen molar-refractivity contribution in [2.75, 3.05) is 13.1 Å². The highest BCUT2D eigenvalue weighted by Gasteiger charge is 2.18. The van der Waals surface area contributed by atoms with E-state index in [2.05, 4.69) is 4.90 Å². The molecule has 0 radical (unpaired) electrons. The van der Waals surface area contributed by atoms with Crippen LogP contribution in [-0.2, 0) is 13.0 Å². The van der Waals surface area contributed by atoms with E-state index >= 15 is 0 Å². The molecule has 5 heteroatoms. The van der Waals surface area contributed by atoms with Crippen molar-refractivity contribution < 1.29 is 14.3 Å². The van der Waals surface area contributed by atoms with Gasteiger partial charge in [0.1, 0.15) is 5.76 Å². The van der Waals surface area contributed by atoms with Gasteiger partial charge in [-0.1, -0.05) is 6.92 Å². The third-order valence-electron chi connectivity index (χ3n) is 3.02. The van der Waals surface area contributed by atoms with Gasteiger partial charge in [0.2, 0.25) is 5.76 Å². The van der Waals surface area contributed by atoms with Crippen LogP contribution >= 0.6 is 24.0 Å². The first-order valence-corrected chi connectivity index (χ1v) is 5.78. The molecule has 1 aliphatic rings. The predicted octanol–water partition coefficient (Wildman–Crippen LogP) is 2.75. The Kier molecular flexibility index (Phi) is 5.45. The molecular weight excluding hydrogens is 333 g/mol. The molecule has 2 rings (SSSR count). The summed E-state index contributed by atoms with van der Waals surface area (Å²) in [5.41, 5.74) is 1.03. The molecule has 96 valence electrons. The van der Waals surface area contributed by atoms with Gasteiger partial charge in [0.15, 0.2) is 0 Å². The van der Waals surface area contributed by atoms with Gasteiger partial charge in [0.05, 0.1) is 0 Å². The average Bonchev–Trinajstić information content (AvgIpc) is 2.87. The summed E-state index contributed by atoms with van der Waals surface area (Å²) in [6, 6.07) is 1.67. The molecule has 17 heavy (non-hydrogen) atoms. The number of rotatable bonds is 4. The van der Waals surface area contributed by atoms with E-state index in [1.165, 1.54) is 12.8 Å². The number of furan rings is 1. The molecule has 1 aromatic heterocycles. The van der Waals surface area contributed by atoms with E-state index in [-0.39, 0.29) is 29.7 Å². The van der Waals surface area contributed by atoms with Crippen LogP contribution in [0.2, 0.25) is 0 Å². The maximum absolute atomic E-state index is 10.8. The van der Waals surface area contributed by atoms with Crippen LogP contribution in [0.15, 0.2) is 10.5 Å². The molecule has 1 aromatic rings. The molecular formula is C12H18INO3. The number of aryl methyl sites for hydroxylation is 1. The number of likely N-dealkylation sites (tertiary alicyclic amines) is 1. The lowest BCUT2D eigenvalue weighted by Gasteiger charge is -2.13. The topological polar surface area (TPSA) is 53.7 Å². The lowest BCUT2D eigenvalue weighted by molar-refractivity contribution is 0.0660. The molecule has 1 aliphatic heterocycles. The van der Waals surface area contributed by atoms with E-state index in [0.29, 0.717) is 0 Å². The smallest absolute Gasteiger partial charge is 0.371 e. The zero-order chi connectivity index (χ0) is 11.5. The van der Waals surface area contributed by atoms with Crippen LogP contribution in [-0.4, -0.2) is 29.1 Å². The number of carboxylic acids is 1. The summed E-state index contributed by atoms with van der Waals surface area (Å²) in [6.07, 6.45) is 3.23. The first-order valence-electron chi connectivity index (χ1n) is 5.78. The number of halogens is 1. The summed E-state index contributed by atoms with van der Waals surface area (Å²) in [5.74, 6) is -0.113. The van der Waals surface area contributed by atoms with Crippen LogP contribution in [0.25, 0.3) is 0 Å². The summed E-state index contributed by atoms with van der Waals surface area (Å²) < 4.78 is 5.31. The van der Waals surface area contributed by atoms with Gasteiger partial charge in [0, 0.05) is 18.5 Å². The lowest BCUT2D eigenvalue weighted by Crippen LogP contribution is -2.18. The monoisotopic (exact) mass is 351 g/mol. The van der Waals surface area contributed by atoms with E-state index in [0.717, 1.165) is 37.4 Å². The number of hydrogen-bond donors (Lipinski definition) is 1. The van der Waals surface area contributed by atoms with E-state index in [9.17, 15) is 4.79 Å². The standard InChI is InChI=1S/C12H17NO3.HI/c1-2-10-9(7-11(16-10)12(14)15)8-13-5-3-4-6-13;/h7H,2-6,8H2,1H3,(H,14,15);1H. The van der Waals surface area contributed by atoms with Gasteiger partial charge in [-0.15, -0.1) is 24.0 Å². The third kappa shape index (κ3) is 3.45. The molecule has 0 saturated carbocycles. The molecule has 0 atom stereocenters. The van der Waals surface area contributed by atoms with E-state index in [1.807, 2.05) is 6.92 Å². The van der Waals surface area contributed by atoms with Crippen LogP contribution in [0.1, 0.15) is 41.6 Å². The van der Waals surface area contributed by atoms with Crippen LogP contribution in [0.4, 0.5) is 0 Å². The van der Waals surface area contributed by atoms with Crippen LogP contribution < -0.4 is 0 Å². The fraction of sp³-hybridized carbons (Fsp3) is 0.583. The van der Waals surface area contributed by atoms with Gasteiger partial charge in [-0.25, -0.2) is 4.79 Å². The fourth-order valence-electron chi connectivity index (χ4n) is 2.19. The summed E-state index contributed by atoms with van der Waals surface area (Å²) >= 11 is 0. The highest BCUT2D eigenvalue weighted by atomic mass is 127. The minimum atomic E-state index is -0.984. The number of carbonyl (C=O) groups is 1. The Hall–Kier alpha value is -0.560. The Morgan fingerprint density at radius 3 is 2.65 bits per heavy atom. The van der Waals surface area contributed by atoms with Crippen molar-refractivity contribution in [1.82, 2.24) is 4.90 Å². The Morgan fingerprint density at radius 2 is 2.12 bits per heavy atom. The molecule has 1 fully saturated rings. The fourth-order valence-corrected chi connectivity index (χ4v) is 2.19. The van der Waals surface area contributed by atoms with Crippen molar-refractivity contribution >= 4 is 29.9 Å². The molecule has 4 nitrogen and oxygen atoms in total. The SMILES string of the molecule is CCc1oc(C(=O)O)cc1CN1CCCC1.I. The van der Waals surface area contributed by atoms with E-state index < -0.39 is 5.97 Å². The van der Waals surface area contributed by atoms with Crippen molar-refractivity contribution in [3.8, 4) is 0 Å². The summed E-state index contributed by atoms with van der Waals surface area (Å²) in [4.78, 5) is 13.2. The molecule has 0 spiro atoms. The average molecular weight is 351 g/mol. The van der Waals surface area contributed by atoms with Crippen LogP contribution in [0, 0.1) is 0 Å². The third-order valence-corrected chi connectivity index (χ3v) is 3.02. The van der Waals surface area contributed by atoms with E-state index in [1.54, 1.807) is 6.07 Å².